The van der Waals surface area contributed by atoms with Crippen LogP contribution in [0.4, 0.5) is 0 Å². The number of rotatable bonds is 2. The second-order valence-corrected chi connectivity index (χ2v) is 3.68. The maximum Gasteiger partial charge on any atom is 0 e. The zero-order chi connectivity index (χ0) is 7.71. The van der Waals surface area contributed by atoms with Crippen LogP contribution in [0.15, 0.2) is 0 Å². The van der Waals surface area contributed by atoms with E-state index in [4.69, 9.17) is 19.6 Å². The molecule has 0 spiro atoms. The molecule has 0 aromatic heterocycles. The van der Waals surface area contributed by atoms with Gasteiger partial charge in [-0.25, -0.2) is 9.13 Å². The fourth-order valence-electron chi connectivity index (χ4n) is 0.139. The second kappa shape index (κ2) is 11.1. The van der Waals surface area contributed by atoms with Crippen molar-refractivity contribution in [3.05, 3.63) is 0 Å². The zero-order valence-corrected chi connectivity index (χ0v) is 9.38. The molecule has 0 aromatic rings. The van der Waals surface area contributed by atoms with Gasteiger partial charge < -0.3 is 19.6 Å². The van der Waals surface area contributed by atoms with Gasteiger partial charge in [-0.05, 0) is 0 Å². The van der Waals surface area contributed by atoms with E-state index in [1.54, 1.807) is 0 Å². The molecule has 0 heterocycles. The van der Waals surface area contributed by atoms with E-state index in [0.717, 1.165) is 0 Å². The Balaban J connectivity index is -0.0000000533. The SMILES string of the molecule is O=P(O)(O)OP(=O)(O)O.[LiH].[LiH].[V].[V]. The van der Waals surface area contributed by atoms with Crippen LogP contribution in [0.25, 0.3) is 0 Å². The first-order valence-electron chi connectivity index (χ1n) is 1.53. The van der Waals surface area contributed by atoms with Crippen molar-refractivity contribution in [1.29, 1.82) is 0 Å². The first-order valence-corrected chi connectivity index (χ1v) is 4.59. The average Bonchev–Trinajstić information content (AvgIpc) is 1.14. The minimum absolute atomic E-state index is 0. The molecular formula is H6Li2O7P2V2. The van der Waals surface area contributed by atoms with Gasteiger partial charge in [0.25, 0.3) is 0 Å². The fraction of sp³-hybridized carbons (Fsp3) is 0. The van der Waals surface area contributed by atoms with Crippen molar-refractivity contribution in [3.8, 4) is 0 Å². The summed E-state index contributed by atoms with van der Waals surface area (Å²) >= 11 is 0. The van der Waals surface area contributed by atoms with Crippen molar-refractivity contribution >= 4 is 53.4 Å². The van der Waals surface area contributed by atoms with E-state index >= 15 is 0 Å². The van der Waals surface area contributed by atoms with Crippen LogP contribution >= 0.6 is 15.6 Å². The van der Waals surface area contributed by atoms with Crippen LogP contribution in [0.2, 0.25) is 0 Å². The van der Waals surface area contributed by atoms with Gasteiger partial charge in [0.15, 0.2) is 0 Å². The van der Waals surface area contributed by atoms with Gasteiger partial charge in [-0.3, -0.25) is 0 Å². The summed E-state index contributed by atoms with van der Waals surface area (Å²) in [7, 11) is -10.1. The summed E-state index contributed by atoms with van der Waals surface area (Å²) in [5.74, 6) is 0. The van der Waals surface area contributed by atoms with E-state index in [0.29, 0.717) is 0 Å². The van der Waals surface area contributed by atoms with E-state index in [1.807, 2.05) is 0 Å². The largest absolute Gasteiger partial charge is 0 e. The fourth-order valence-corrected chi connectivity index (χ4v) is 1.25. The molecule has 0 amide bonds. The number of phosphoric acid groups is 2. The van der Waals surface area contributed by atoms with Crippen LogP contribution in [0.5, 0.6) is 0 Å². The third-order valence-corrected chi connectivity index (χ3v) is 1.91. The topological polar surface area (TPSA) is 124 Å². The molecule has 7 nitrogen and oxygen atoms in total. The standard InChI is InChI=1S/2Li.H4O7P2.2V.2H/c;;1-8(2,3)7-9(4,5)6;;;;/h;;(H2,1,2,3)(H2,4,5,6);;;;. The summed E-state index contributed by atoms with van der Waals surface area (Å²) in [6, 6.07) is 0. The first kappa shape index (κ1) is 29.6. The molecule has 13 heavy (non-hydrogen) atoms. The Hall–Kier alpha value is 2.62. The summed E-state index contributed by atoms with van der Waals surface area (Å²) in [5.41, 5.74) is 0. The molecular weight excluding hydrogens is 290 g/mol. The zero-order valence-electron chi connectivity index (χ0n) is 4.80. The Morgan fingerprint density at radius 2 is 0.923 bits per heavy atom. The molecule has 0 atom stereocenters. The van der Waals surface area contributed by atoms with Gasteiger partial charge in [0.1, 0.15) is 0 Å². The molecule has 0 saturated carbocycles. The third kappa shape index (κ3) is 31.3. The van der Waals surface area contributed by atoms with Crippen LogP contribution in [-0.4, -0.2) is 57.3 Å². The van der Waals surface area contributed by atoms with Gasteiger partial charge in [-0.2, -0.15) is 4.31 Å². The third-order valence-electron chi connectivity index (χ3n) is 0.213. The Morgan fingerprint density at radius 1 is 0.769 bits per heavy atom. The Bertz CT molecular complexity index is 163. The molecule has 2 radical (unpaired) electrons. The molecule has 0 aromatic carbocycles. The second-order valence-electron chi connectivity index (χ2n) is 1.06. The van der Waals surface area contributed by atoms with E-state index in [-0.39, 0.29) is 74.8 Å². The van der Waals surface area contributed by atoms with Gasteiger partial charge in [0, 0.05) is 37.1 Å². The maximum atomic E-state index is 9.63. The molecule has 0 fully saturated rings. The normalized spacial score (nSPS) is 9.54. The molecule has 0 bridgehead atoms. The first-order chi connectivity index (χ1) is 3.71. The molecule has 0 saturated heterocycles. The van der Waals surface area contributed by atoms with Crippen molar-refractivity contribution in [2.45, 2.75) is 0 Å². The van der Waals surface area contributed by atoms with Crippen molar-refractivity contribution in [1.82, 2.24) is 0 Å². The van der Waals surface area contributed by atoms with Crippen LogP contribution in [-0.2, 0) is 50.6 Å². The molecule has 13 heteroatoms. The summed E-state index contributed by atoms with van der Waals surface area (Å²) in [6.07, 6.45) is 0. The van der Waals surface area contributed by atoms with Crippen LogP contribution in [0, 0.1) is 0 Å². The van der Waals surface area contributed by atoms with Crippen LogP contribution in [0.3, 0.4) is 0 Å². The predicted octanol–water partition coefficient (Wildman–Crippen LogP) is -2.11. The monoisotopic (exact) mass is 296 g/mol. The summed E-state index contributed by atoms with van der Waals surface area (Å²) in [4.78, 5) is 31.0. The minimum atomic E-state index is -5.05. The number of hydrogen-bond donors (Lipinski definition) is 4. The molecule has 0 unspecified atom stereocenters. The van der Waals surface area contributed by atoms with E-state index in [9.17, 15) is 9.13 Å². The van der Waals surface area contributed by atoms with Gasteiger partial charge in [0.05, 0.1) is 0 Å². The average molecular weight is 296 g/mol. The molecule has 0 aliphatic carbocycles. The van der Waals surface area contributed by atoms with Gasteiger partial charge >= 0.3 is 53.4 Å². The van der Waals surface area contributed by atoms with E-state index < -0.39 is 15.6 Å². The molecule has 0 aliphatic rings. The van der Waals surface area contributed by atoms with Gasteiger partial charge in [-0.1, -0.05) is 0 Å². The van der Waals surface area contributed by atoms with E-state index in [2.05, 4.69) is 4.31 Å². The van der Waals surface area contributed by atoms with Gasteiger partial charge in [0.2, 0.25) is 0 Å². The molecule has 0 aliphatic heterocycles. The Labute approximate surface area is 122 Å². The summed E-state index contributed by atoms with van der Waals surface area (Å²) in [6.45, 7) is 0. The van der Waals surface area contributed by atoms with Crippen molar-refractivity contribution in [2.24, 2.45) is 0 Å². The quantitative estimate of drug-likeness (QED) is 0.339. The Kier molecular flexibility index (Phi) is 25.3. The van der Waals surface area contributed by atoms with Crippen LogP contribution in [0.1, 0.15) is 0 Å². The van der Waals surface area contributed by atoms with Gasteiger partial charge in [-0.15, -0.1) is 0 Å². The van der Waals surface area contributed by atoms with Crippen molar-refractivity contribution in [2.75, 3.05) is 0 Å². The molecule has 0 rings (SSSR count). The van der Waals surface area contributed by atoms with Crippen molar-refractivity contribution in [3.63, 3.8) is 0 Å². The summed E-state index contributed by atoms with van der Waals surface area (Å²) < 4.78 is 22.2. The molecule has 70 valence electrons. The van der Waals surface area contributed by atoms with Crippen molar-refractivity contribution < 1.29 is 70.1 Å². The Morgan fingerprint density at radius 3 is 0.923 bits per heavy atom. The number of hydrogen-bond acceptors (Lipinski definition) is 3. The molecule has 4 N–H and O–H groups in total. The summed E-state index contributed by atoms with van der Waals surface area (Å²) in [5, 5.41) is 0. The van der Waals surface area contributed by atoms with Crippen LogP contribution < -0.4 is 0 Å². The maximum absolute atomic E-state index is 9.63. The van der Waals surface area contributed by atoms with E-state index in [1.165, 1.54) is 0 Å². The minimum Gasteiger partial charge on any atom is 0 e. The smallest absolute Gasteiger partial charge is 0 e. The predicted molar refractivity (Wildman–Crippen MR) is 39.5 cm³/mol.